The van der Waals surface area contributed by atoms with Crippen molar-refractivity contribution in [2.45, 2.75) is 44.2 Å². The maximum atomic E-state index is 13.6. The van der Waals surface area contributed by atoms with Crippen LogP contribution in [0.1, 0.15) is 60.4 Å². The average Bonchev–Trinajstić information content (AvgIpc) is 3.08. The topological polar surface area (TPSA) is 70.7 Å². The van der Waals surface area contributed by atoms with Crippen molar-refractivity contribution in [1.29, 1.82) is 0 Å². The zero-order valence-corrected chi connectivity index (χ0v) is 18.2. The van der Waals surface area contributed by atoms with Crippen LogP contribution in [0.5, 0.6) is 0 Å². The molecule has 1 amide bonds. The van der Waals surface area contributed by atoms with Gasteiger partial charge in [-0.25, -0.2) is 9.97 Å². The highest BCUT2D eigenvalue weighted by Crippen LogP contribution is 2.48. The van der Waals surface area contributed by atoms with Gasteiger partial charge >= 0.3 is 0 Å². The van der Waals surface area contributed by atoms with Crippen LogP contribution in [0.4, 0.5) is 8.78 Å². The number of amides is 1. The SMILES string of the molecule is CC(C)CNC(=O)c1ccc(C2(c3nc4ncc(C(F)(F)P)cc4[nH]3)CCC2)cc1. The largest absolute Gasteiger partial charge is 0.352 e. The monoisotopic (exact) mass is 430 g/mol. The molecule has 1 atom stereocenters. The summed E-state index contributed by atoms with van der Waals surface area (Å²) < 4.78 is 27.2. The third-order valence-corrected chi connectivity index (χ3v) is 6.09. The summed E-state index contributed by atoms with van der Waals surface area (Å²) in [5.41, 5.74) is -0.907. The number of aromatic amines is 1. The number of aromatic nitrogens is 3. The normalized spacial score (nSPS) is 15.9. The van der Waals surface area contributed by atoms with Gasteiger partial charge in [-0.2, -0.15) is 8.78 Å². The number of rotatable bonds is 6. The zero-order chi connectivity index (χ0) is 21.5. The number of H-pyrrole nitrogens is 1. The molecule has 1 aliphatic rings. The first-order chi connectivity index (χ1) is 14.2. The Balaban J connectivity index is 1.63. The minimum Gasteiger partial charge on any atom is -0.352 e. The average molecular weight is 430 g/mol. The van der Waals surface area contributed by atoms with E-state index < -0.39 is 5.66 Å². The standard InChI is InChI=1S/C22H25F2N4OP/c1-13(2)11-26-19(29)14-4-6-15(7-5-14)21(8-3-9-21)20-27-17-10-16(22(23,24)30)12-25-18(17)28-20/h4-7,10,12-13H,3,8-9,11,30H2,1-2H3,(H,26,29)(H,25,27,28). The number of pyridine rings is 1. The highest BCUT2D eigenvalue weighted by atomic mass is 31.0. The van der Waals surface area contributed by atoms with E-state index in [0.717, 1.165) is 36.8 Å². The zero-order valence-electron chi connectivity index (χ0n) is 17.0. The molecule has 2 N–H and O–H groups in total. The van der Waals surface area contributed by atoms with Crippen molar-refractivity contribution in [2.24, 2.45) is 5.92 Å². The van der Waals surface area contributed by atoms with Gasteiger partial charge in [-0.15, -0.1) is 0 Å². The van der Waals surface area contributed by atoms with E-state index >= 15 is 0 Å². The smallest absolute Gasteiger partial charge is 0.285 e. The van der Waals surface area contributed by atoms with Gasteiger partial charge in [0.05, 0.1) is 10.9 Å². The van der Waals surface area contributed by atoms with Gasteiger partial charge in [-0.05, 0) is 42.5 Å². The lowest BCUT2D eigenvalue weighted by atomic mass is 9.64. The van der Waals surface area contributed by atoms with Crippen LogP contribution in [0, 0.1) is 5.92 Å². The molecule has 0 bridgehead atoms. The van der Waals surface area contributed by atoms with E-state index in [0.29, 0.717) is 29.2 Å². The van der Waals surface area contributed by atoms with E-state index in [1.807, 2.05) is 24.3 Å². The maximum absolute atomic E-state index is 13.6. The summed E-state index contributed by atoms with van der Waals surface area (Å²) in [6, 6.07) is 9.00. The summed E-state index contributed by atoms with van der Waals surface area (Å²) in [6.07, 6.45) is 4.02. The Morgan fingerprint density at radius 1 is 1.30 bits per heavy atom. The number of nitrogens with zero attached hydrogens (tertiary/aromatic N) is 2. The van der Waals surface area contributed by atoms with Crippen LogP contribution < -0.4 is 5.32 Å². The van der Waals surface area contributed by atoms with Crippen molar-refractivity contribution >= 4 is 26.3 Å². The predicted molar refractivity (Wildman–Crippen MR) is 116 cm³/mol. The number of benzene rings is 1. The quantitative estimate of drug-likeness (QED) is 0.555. The first-order valence-corrected chi connectivity index (χ1v) is 10.7. The van der Waals surface area contributed by atoms with E-state index in [1.54, 1.807) is 0 Å². The lowest BCUT2D eigenvalue weighted by molar-refractivity contribution is 0.0948. The molecule has 8 heteroatoms. The van der Waals surface area contributed by atoms with Crippen LogP contribution in [0.3, 0.4) is 0 Å². The first kappa shape index (κ1) is 20.9. The number of halogens is 2. The van der Waals surface area contributed by atoms with Gasteiger partial charge in [0, 0.05) is 23.9 Å². The van der Waals surface area contributed by atoms with Gasteiger partial charge in [-0.1, -0.05) is 41.6 Å². The highest BCUT2D eigenvalue weighted by molar-refractivity contribution is 7.17. The van der Waals surface area contributed by atoms with Gasteiger partial charge in [-0.3, -0.25) is 4.79 Å². The molecule has 1 aliphatic carbocycles. The summed E-state index contributed by atoms with van der Waals surface area (Å²) in [7, 11) is 1.53. The van der Waals surface area contributed by atoms with Crippen LogP contribution in [0.2, 0.25) is 0 Å². The van der Waals surface area contributed by atoms with Crippen LogP contribution in [0.15, 0.2) is 36.5 Å². The molecular formula is C22H25F2N4OP. The molecule has 0 radical (unpaired) electrons. The molecule has 30 heavy (non-hydrogen) atoms. The second-order valence-electron chi connectivity index (χ2n) is 8.42. The van der Waals surface area contributed by atoms with Gasteiger partial charge in [0.15, 0.2) is 5.65 Å². The lowest BCUT2D eigenvalue weighted by Crippen LogP contribution is -2.36. The van der Waals surface area contributed by atoms with Gasteiger partial charge in [0.2, 0.25) is 0 Å². The number of hydrogen-bond acceptors (Lipinski definition) is 3. The van der Waals surface area contributed by atoms with Crippen molar-refractivity contribution in [3.63, 3.8) is 0 Å². The van der Waals surface area contributed by atoms with E-state index in [4.69, 9.17) is 0 Å². The van der Waals surface area contributed by atoms with Gasteiger partial charge in [0.1, 0.15) is 5.82 Å². The van der Waals surface area contributed by atoms with E-state index in [1.165, 1.54) is 15.3 Å². The summed E-state index contributed by atoms with van der Waals surface area (Å²) >= 11 is 0. The number of carbonyl (C=O) groups is 1. The molecule has 5 nitrogen and oxygen atoms in total. The Morgan fingerprint density at radius 3 is 2.57 bits per heavy atom. The molecule has 1 aromatic carbocycles. The van der Waals surface area contributed by atoms with Crippen molar-refractivity contribution in [3.05, 3.63) is 59.0 Å². The summed E-state index contributed by atoms with van der Waals surface area (Å²) in [5, 5.41) is 2.92. The number of hydrogen-bond donors (Lipinski definition) is 2. The van der Waals surface area contributed by atoms with E-state index in [-0.39, 0.29) is 16.9 Å². The number of imidazole rings is 1. The molecule has 1 fully saturated rings. The third-order valence-electron chi connectivity index (χ3n) is 5.75. The maximum Gasteiger partial charge on any atom is 0.285 e. The number of nitrogens with one attached hydrogen (secondary N) is 2. The number of alkyl halides is 2. The van der Waals surface area contributed by atoms with Gasteiger partial charge < -0.3 is 10.3 Å². The van der Waals surface area contributed by atoms with Crippen molar-refractivity contribution in [2.75, 3.05) is 6.54 Å². The van der Waals surface area contributed by atoms with Crippen molar-refractivity contribution in [3.8, 4) is 0 Å². The van der Waals surface area contributed by atoms with Gasteiger partial charge in [0.25, 0.3) is 11.6 Å². The summed E-state index contributed by atoms with van der Waals surface area (Å²) in [4.78, 5) is 24.2. The fourth-order valence-electron chi connectivity index (χ4n) is 3.84. The van der Waals surface area contributed by atoms with Crippen molar-refractivity contribution in [1.82, 2.24) is 20.3 Å². The number of fused-ring (bicyclic) bond motifs is 1. The van der Waals surface area contributed by atoms with Crippen molar-refractivity contribution < 1.29 is 13.6 Å². The first-order valence-electron chi connectivity index (χ1n) is 10.1. The van der Waals surface area contributed by atoms with E-state index in [2.05, 4.69) is 34.1 Å². The molecule has 158 valence electrons. The van der Waals surface area contributed by atoms with E-state index in [9.17, 15) is 13.6 Å². The molecule has 1 saturated carbocycles. The Kier molecular flexibility index (Phi) is 5.35. The predicted octanol–water partition coefficient (Wildman–Crippen LogP) is 4.74. The second kappa shape index (κ2) is 7.69. The molecule has 0 aliphatic heterocycles. The fraction of sp³-hybridized carbons (Fsp3) is 0.409. The molecular weight excluding hydrogens is 405 g/mol. The van der Waals surface area contributed by atoms with Crippen LogP contribution in [-0.4, -0.2) is 27.4 Å². The summed E-state index contributed by atoms with van der Waals surface area (Å²) in [6.45, 7) is 4.73. The minimum absolute atomic E-state index is 0.0864. The molecule has 0 saturated heterocycles. The second-order valence-corrected chi connectivity index (χ2v) is 9.15. The molecule has 4 rings (SSSR count). The molecule has 0 spiro atoms. The Hall–Kier alpha value is -2.40. The molecule has 2 aromatic heterocycles. The van der Waals surface area contributed by atoms with Crippen LogP contribution in [0.25, 0.3) is 11.2 Å². The minimum atomic E-state index is -3.04. The Morgan fingerprint density at radius 2 is 2.00 bits per heavy atom. The Labute approximate surface area is 176 Å². The van der Waals surface area contributed by atoms with Crippen LogP contribution >= 0.6 is 9.24 Å². The van der Waals surface area contributed by atoms with Crippen LogP contribution in [-0.2, 0) is 11.1 Å². The molecule has 1 unspecified atom stereocenters. The fourth-order valence-corrected chi connectivity index (χ4v) is 4.00. The molecule has 3 aromatic rings. The number of carbonyl (C=O) groups excluding carboxylic acids is 1. The third kappa shape index (κ3) is 3.83. The highest BCUT2D eigenvalue weighted by Gasteiger charge is 2.43. The Bertz CT molecular complexity index is 1070. The lowest BCUT2D eigenvalue weighted by Gasteiger charge is -2.40. The molecule has 2 heterocycles. The summed E-state index contributed by atoms with van der Waals surface area (Å²) in [5.74, 6) is 1.04.